The van der Waals surface area contributed by atoms with Crippen LogP contribution in [-0.4, -0.2) is 81.8 Å². The molecule has 1 heterocycles. The first-order valence-electron chi connectivity index (χ1n) is 16.1. The SMILES string of the molecule is CCOP1(=O)CCCN(Cc2ccccc2-c2ccccc2)CC1(CCCCN(C(=O)OC(C)(C)C)C(=O)OC(C)(C)C)C(=O)O. The van der Waals surface area contributed by atoms with E-state index >= 15 is 0 Å². The smallest absolute Gasteiger partial charge is 0.419 e. The van der Waals surface area contributed by atoms with Gasteiger partial charge in [-0.1, -0.05) is 54.6 Å². The van der Waals surface area contributed by atoms with Crippen LogP contribution in [0.5, 0.6) is 0 Å². The molecule has 0 radical (unpaired) electrons. The Morgan fingerprint density at radius 2 is 1.50 bits per heavy atom. The number of carboxylic acid groups (broad SMARTS) is 1. The molecule has 10 nitrogen and oxygen atoms in total. The van der Waals surface area contributed by atoms with Crippen LogP contribution in [0.4, 0.5) is 9.59 Å². The number of hydrogen-bond acceptors (Lipinski definition) is 8. The molecule has 0 aliphatic carbocycles. The zero-order chi connectivity index (χ0) is 34.2. The van der Waals surface area contributed by atoms with E-state index in [9.17, 15) is 24.1 Å². The molecular weight excluding hydrogens is 607 g/mol. The minimum absolute atomic E-state index is 0.0462. The quantitative estimate of drug-likeness (QED) is 0.189. The van der Waals surface area contributed by atoms with E-state index in [4.69, 9.17) is 14.0 Å². The molecule has 1 aliphatic rings. The third kappa shape index (κ3) is 9.90. The number of ether oxygens (including phenoxy) is 2. The van der Waals surface area contributed by atoms with Crippen LogP contribution in [0.1, 0.15) is 79.7 Å². The van der Waals surface area contributed by atoms with Crippen LogP contribution in [0.15, 0.2) is 54.6 Å². The molecule has 46 heavy (non-hydrogen) atoms. The van der Waals surface area contributed by atoms with Gasteiger partial charge in [-0.2, -0.15) is 0 Å². The molecule has 1 saturated heterocycles. The van der Waals surface area contributed by atoms with Crippen molar-refractivity contribution in [1.82, 2.24) is 9.80 Å². The lowest BCUT2D eigenvalue weighted by molar-refractivity contribution is -0.141. The molecule has 0 saturated carbocycles. The number of nitrogens with zero attached hydrogens (tertiary/aromatic N) is 2. The molecule has 2 amide bonds. The van der Waals surface area contributed by atoms with E-state index < -0.39 is 41.9 Å². The molecule has 1 aliphatic heterocycles. The largest absolute Gasteiger partial charge is 0.480 e. The van der Waals surface area contributed by atoms with Crippen molar-refractivity contribution in [2.24, 2.45) is 0 Å². The molecule has 0 bridgehead atoms. The predicted molar refractivity (Wildman–Crippen MR) is 179 cm³/mol. The average molecular weight is 659 g/mol. The van der Waals surface area contributed by atoms with Crippen molar-refractivity contribution < 1.29 is 38.1 Å². The molecule has 11 heteroatoms. The standard InChI is InChI=1S/C35H51N2O8P/c1-8-43-46(42)24-16-22-36(25-28-19-12-13-20-29(28)27-17-10-9-11-18-27)26-35(46,30(38)39)21-14-15-23-37(31(40)44-33(2,3)4)32(41)45-34(5,6)7/h9-13,17-20H,8,14-16,21-26H2,1-7H3,(H,38,39). The van der Waals surface area contributed by atoms with Gasteiger partial charge in [0, 0.05) is 25.8 Å². The molecule has 254 valence electrons. The second-order valence-corrected chi connectivity index (χ2v) is 16.7. The van der Waals surface area contributed by atoms with Crippen molar-refractivity contribution in [3.05, 3.63) is 60.2 Å². The minimum Gasteiger partial charge on any atom is -0.480 e. The maximum atomic E-state index is 14.5. The maximum absolute atomic E-state index is 14.5. The third-order valence-electron chi connectivity index (χ3n) is 7.75. The number of carbonyl (C=O) groups is 3. The highest BCUT2D eigenvalue weighted by atomic mass is 31.2. The van der Waals surface area contributed by atoms with Crippen molar-refractivity contribution in [1.29, 1.82) is 0 Å². The highest BCUT2D eigenvalue weighted by Crippen LogP contribution is 2.63. The first-order valence-corrected chi connectivity index (χ1v) is 17.9. The molecule has 1 fully saturated rings. The predicted octanol–water partition coefficient (Wildman–Crippen LogP) is 8.04. The Kier molecular flexibility index (Phi) is 12.6. The summed E-state index contributed by atoms with van der Waals surface area (Å²) in [5.74, 6) is -1.16. The maximum Gasteiger partial charge on any atom is 0.419 e. The fourth-order valence-electron chi connectivity index (χ4n) is 5.75. The lowest BCUT2D eigenvalue weighted by Gasteiger charge is -2.38. The molecule has 1 N–H and O–H groups in total. The first-order chi connectivity index (χ1) is 21.5. The highest BCUT2D eigenvalue weighted by Gasteiger charge is 2.56. The van der Waals surface area contributed by atoms with Gasteiger partial charge in [0.05, 0.1) is 6.61 Å². The zero-order valence-corrected chi connectivity index (χ0v) is 29.3. The van der Waals surface area contributed by atoms with Gasteiger partial charge in [-0.05, 0) is 97.4 Å². The Balaban J connectivity index is 1.86. The summed E-state index contributed by atoms with van der Waals surface area (Å²) in [5, 5.41) is 9.13. The number of rotatable bonds is 11. The van der Waals surface area contributed by atoms with E-state index in [2.05, 4.69) is 11.0 Å². The second-order valence-electron chi connectivity index (χ2n) is 13.8. The molecule has 3 rings (SSSR count). The van der Waals surface area contributed by atoms with Gasteiger partial charge >= 0.3 is 18.2 Å². The lowest BCUT2D eigenvalue weighted by atomic mass is 9.97. The number of amides is 2. The van der Waals surface area contributed by atoms with Gasteiger partial charge in [0.15, 0.2) is 5.16 Å². The summed E-state index contributed by atoms with van der Waals surface area (Å²) in [6.45, 7) is 13.1. The van der Waals surface area contributed by atoms with Crippen LogP contribution < -0.4 is 0 Å². The van der Waals surface area contributed by atoms with E-state index in [1.165, 1.54) is 0 Å². The third-order valence-corrected chi connectivity index (χ3v) is 11.2. The highest BCUT2D eigenvalue weighted by molar-refractivity contribution is 7.61. The number of hydrogen-bond donors (Lipinski definition) is 1. The fraction of sp³-hybridized carbons (Fsp3) is 0.571. The van der Waals surface area contributed by atoms with E-state index in [-0.39, 0.29) is 45.1 Å². The van der Waals surface area contributed by atoms with Crippen molar-refractivity contribution in [2.75, 3.05) is 32.4 Å². The van der Waals surface area contributed by atoms with Gasteiger partial charge < -0.3 is 19.1 Å². The summed E-state index contributed by atoms with van der Waals surface area (Å²) in [4.78, 5) is 42.1. The van der Waals surface area contributed by atoms with Gasteiger partial charge in [0.2, 0.25) is 7.37 Å². The van der Waals surface area contributed by atoms with E-state index in [0.29, 0.717) is 19.5 Å². The summed E-state index contributed by atoms with van der Waals surface area (Å²) in [6, 6.07) is 18.1. The Hall–Kier alpha value is -3.20. The molecule has 0 spiro atoms. The van der Waals surface area contributed by atoms with Gasteiger partial charge in [-0.15, -0.1) is 0 Å². The zero-order valence-electron chi connectivity index (χ0n) is 28.4. The molecule has 2 aromatic carbocycles. The van der Waals surface area contributed by atoms with Crippen LogP contribution in [0.2, 0.25) is 0 Å². The minimum atomic E-state index is -3.66. The molecule has 2 aromatic rings. The topological polar surface area (TPSA) is 123 Å². The van der Waals surface area contributed by atoms with Crippen molar-refractivity contribution in [2.45, 2.75) is 97.1 Å². The van der Waals surface area contributed by atoms with Crippen LogP contribution in [0.3, 0.4) is 0 Å². The van der Waals surface area contributed by atoms with E-state index in [1.54, 1.807) is 48.5 Å². The van der Waals surface area contributed by atoms with E-state index in [1.807, 2.05) is 48.5 Å². The van der Waals surface area contributed by atoms with Crippen molar-refractivity contribution in [3.63, 3.8) is 0 Å². The Labute approximate surface area is 273 Å². The number of aliphatic carboxylic acids is 1. The Morgan fingerprint density at radius 3 is 2.07 bits per heavy atom. The van der Waals surface area contributed by atoms with Crippen molar-refractivity contribution >= 4 is 25.5 Å². The lowest BCUT2D eigenvalue weighted by Crippen LogP contribution is -2.48. The fourth-order valence-corrected chi connectivity index (χ4v) is 8.74. The Morgan fingerprint density at radius 1 is 0.913 bits per heavy atom. The van der Waals surface area contributed by atoms with Gasteiger partial charge in [0.25, 0.3) is 0 Å². The number of carbonyl (C=O) groups excluding carboxylic acids is 2. The average Bonchev–Trinajstić information content (AvgIpc) is 3.08. The van der Waals surface area contributed by atoms with Crippen molar-refractivity contribution in [3.8, 4) is 11.1 Å². The number of unbranched alkanes of at least 4 members (excludes halogenated alkanes) is 1. The van der Waals surface area contributed by atoms with E-state index in [0.717, 1.165) is 21.6 Å². The van der Waals surface area contributed by atoms with Crippen LogP contribution >= 0.6 is 7.37 Å². The monoisotopic (exact) mass is 658 g/mol. The summed E-state index contributed by atoms with van der Waals surface area (Å²) in [7, 11) is -3.66. The summed E-state index contributed by atoms with van der Waals surface area (Å²) >= 11 is 0. The van der Waals surface area contributed by atoms with Gasteiger partial charge in [0.1, 0.15) is 11.2 Å². The van der Waals surface area contributed by atoms with Gasteiger partial charge in [-0.3, -0.25) is 14.3 Å². The number of carboxylic acids is 1. The summed E-state index contributed by atoms with van der Waals surface area (Å²) in [6.07, 6.45) is -0.403. The summed E-state index contributed by atoms with van der Waals surface area (Å²) < 4.78 is 31.3. The van der Waals surface area contributed by atoms with Crippen LogP contribution in [-0.2, 0) is 29.9 Å². The molecule has 2 atom stereocenters. The first kappa shape index (κ1) is 37.3. The number of benzene rings is 2. The molecule has 2 unspecified atom stereocenters. The van der Waals surface area contributed by atoms with Crippen LogP contribution in [0.25, 0.3) is 11.1 Å². The number of imide groups is 1. The normalized spacial score (nSPS) is 20.8. The molecular formula is C35H51N2O8P. The van der Waals surface area contributed by atoms with Gasteiger partial charge in [-0.25, -0.2) is 14.5 Å². The molecule has 0 aromatic heterocycles. The summed E-state index contributed by atoms with van der Waals surface area (Å²) in [5.41, 5.74) is 1.50. The van der Waals surface area contributed by atoms with Crippen LogP contribution in [0, 0.1) is 0 Å². The Bertz CT molecular complexity index is 1360. The second kappa shape index (κ2) is 15.6.